The van der Waals surface area contributed by atoms with Gasteiger partial charge in [-0.15, -0.1) is 0 Å². The zero-order valence-corrected chi connectivity index (χ0v) is 20.1. The number of halogens is 1. The molecule has 1 fully saturated rings. The largest absolute Gasteiger partial charge is 0.460 e. The van der Waals surface area contributed by atoms with E-state index in [-0.39, 0.29) is 42.5 Å². The topological polar surface area (TPSA) is 177 Å². The van der Waals surface area contributed by atoms with Gasteiger partial charge in [0.25, 0.3) is 5.56 Å². The second kappa shape index (κ2) is 11.6. The Morgan fingerprint density at radius 3 is 2.80 bits per heavy atom. The van der Waals surface area contributed by atoms with Gasteiger partial charge in [0.2, 0.25) is 5.95 Å². The average molecular weight is 497 g/mol. The highest BCUT2D eigenvalue weighted by atomic mass is 19.1. The summed E-state index contributed by atoms with van der Waals surface area (Å²) in [5.41, 5.74) is 11.2. The number of rotatable bonds is 11. The highest BCUT2D eigenvalue weighted by Gasteiger charge is 2.39. The van der Waals surface area contributed by atoms with E-state index in [2.05, 4.69) is 15.0 Å². The van der Waals surface area contributed by atoms with Crippen LogP contribution in [-0.4, -0.2) is 62.5 Å². The molecule has 5 N–H and O–H groups in total. The van der Waals surface area contributed by atoms with Gasteiger partial charge in [-0.25, -0.2) is 14.2 Å². The van der Waals surface area contributed by atoms with E-state index in [0.29, 0.717) is 12.8 Å². The molecule has 12 nitrogen and oxygen atoms in total. The maximum absolute atomic E-state index is 14.7. The first-order valence-electron chi connectivity index (χ1n) is 11.8. The van der Waals surface area contributed by atoms with E-state index in [1.807, 2.05) is 20.8 Å². The molecule has 2 aromatic heterocycles. The first-order chi connectivity index (χ1) is 16.7. The number of nitrogens with two attached hydrogens (primary N) is 2. The summed E-state index contributed by atoms with van der Waals surface area (Å²) in [7, 11) is 0. The lowest BCUT2D eigenvalue weighted by molar-refractivity contribution is -0.173. The maximum Gasteiger partial charge on any atom is 0.347 e. The number of fused-ring (bicyclic) bond motifs is 1. The number of nitrogen functional groups attached to an aromatic ring is 1. The van der Waals surface area contributed by atoms with Crippen LogP contribution in [-0.2, 0) is 23.8 Å². The van der Waals surface area contributed by atoms with Gasteiger partial charge in [-0.3, -0.25) is 19.1 Å². The van der Waals surface area contributed by atoms with Crippen molar-refractivity contribution in [2.45, 2.75) is 83.5 Å². The molecule has 194 valence electrons. The summed E-state index contributed by atoms with van der Waals surface area (Å²) in [6.07, 6.45) is -0.879. The first-order valence-corrected chi connectivity index (χ1v) is 11.8. The van der Waals surface area contributed by atoms with Crippen LogP contribution in [0.2, 0.25) is 0 Å². The third kappa shape index (κ3) is 6.14. The number of hydrogen-bond donors (Lipinski definition) is 3. The molecule has 0 bridgehead atoms. The van der Waals surface area contributed by atoms with E-state index in [4.69, 9.17) is 25.7 Å². The second-order valence-electron chi connectivity index (χ2n) is 8.77. The van der Waals surface area contributed by atoms with Crippen LogP contribution >= 0.6 is 0 Å². The van der Waals surface area contributed by atoms with Crippen LogP contribution in [0.5, 0.6) is 0 Å². The molecule has 1 saturated heterocycles. The van der Waals surface area contributed by atoms with Crippen LogP contribution in [0.3, 0.4) is 0 Å². The number of H-pyrrole nitrogens is 1. The quantitative estimate of drug-likeness (QED) is 0.385. The number of carbonyl (C=O) groups excluding carboxylic acids is 2. The van der Waals surface area contributed by atoms with Gasteiger partial charge in [0.05, 0.1) is 6.33 Å². The minimum absolute atomic E-state index is 0.0456. The van der Waals surface area contributed by atoms with E-state index < -0.39 is 48.1 Å². The summed E-state index contributed by atoms with van der Waals surface area (Å²) < 4.78 is 32.5. The molecule has 1 aliphatic rings. The Labute approximate surface area is 201 Å². The predicted molar refractivity (Wildman–Crippen MR) is 124 cm³/mol. The molecule has 0 spiro atoms. The van der Waals surface area contributed by atoms with E-state index in [0.717, 1.165) is 6.42 Å². The van der Waals surface area contributed by atoms with Gasteiger partial charge in [0.15, 0.2) is 17.3 Å². The number of esters is 2. The van der Waals surface area contributed by atoms with Crippen molar-refractivity contribution in [2.24, 2.45) is 11.7 Å². The Kier molecular flexibility index (Phi) is 8.78. The smallest absolute Gasteiger partial charge is 0.347 e. The number of ether oxygens (including phenoxy) is 3. The van der Waals surface area contributed by atoms with E-state index >= 15 is 0 Å². The number of unbranched alkanes of at least 4 members (excludes halogenated alkanes) is 1. The van der Waals surface area contributed by atoms with Crippen molar-refractivity contribution in [2.75, 3.05) is 12.3 Å². The van der Waals surface area contributed by atoms with E-state index in [1.165, 1.54) is 10.9 Å². The molecule has 0 amide bonds. The van der Waals surface area contributed by atoms with Gasteiger partial charge in [-0.2, -0.15) is 4.98 Å². The summed E-state index contributed by atoms with van der Waals surface area (Å²) in [5.74, 6) is -1.67. The standard InChI is InChI=1S/C22H33FN6O6/c1-4-6-7-13(35-21(32)16(24)11(3)5-2)20(31)33-9-14-12(23)8-15(34-14)29-10-26-17-18(29)27-22(25)28-19(17)30/h10-16H,4-9,24H2,1-3H3,(H3,25,27,28,30)/t11-,12?,13?,14+,15+,16-/m0/s1. The predicted octanol–water partition coefficient (Wildman–Crippen LogP) is 1.35. The van der Waals surface area contributed by atoms with E-state index in [9.17, 15) is 18.8 Å². The molecule has 0 aromatic carbocycles. The Hall–Kier alpha value is -3.06. The molecular weight excluding hydrogens is 463 g/mol. The van der Waals surface area contributed by atoms with Crippen LogP contribution in [0.4, 0.5) is 10.3 Å². The van der Waals surface area contributed by atoms with Crippen LogP contribution in [0.25, 0.3) is 11.2 Å². The summed E-state index contributed by atoms with van der Waals surface area (Å²) in [6.45, 7) is 5.28. The summed E-state index contributed by atoms with van der Waals surface area (Å²) in [4.78, 5) is 47.4. The molecule has 13 heteroatoms. The number of imidazole rings is 1. The van der Waals surface area contributed by atoms with Gasteiger partial charge < -0.3 is 25.7 Å². The molecule has 3 heterocycles. The van der Waals surface area contributed by atoms with Crippen LogP contribution in [0.15, 0.2) is 11.1 Å². The summed E-state index contributed by atoms with van der Waals surface area (Å²) >= 11 is 0. The van der Waals surface area contributed by atoms with Crippen LogP contribution in [0, 0.1) is 5.92 Å². The number of carbonyl (C=O) groups is 2. The van der Waals surface area contributed by atoms with Gasteiger partial charge in [-0.05, 0) is 18.8 Å². The molecule has 0 aliphatic carbocycles. The molecule has 0 saturated carbocycles. The second-order valence-corrected chi connectivity index (χ2v) is 8.77. The van der Waals surface area contributed by atoms with Gasteiger partial charge in [0, 0.05) is 6.42 Å². The van der Waals surface area contributed by atoms with Crippen LogP contribution < -0.4 is 17.0 Å². The number of aromatic nitrogens is 4. The molecule has 0 radical (unpaired) electrons. The first kappa shape index (κ1) is 26.5. The SMILES string of the molecule is CCCCC(OC(=O)[C@@H](N)[C@@H](C)CC)C(=O)OC[C@H]1O[C@@H](n2cnc3c(=O)[nH]c(N)nc32)CC1F. The molecule has 3 rings (SSSR count). The lowest BCUT2D eigenvalue weighted by atomic mass is 10.0. The van der Waals surface area contributed by atoms with Crippen molar-refractivity contribution in [1.82, 2.24) is 19.5 Å². The highest BCUT2D eigenvalue weighted by molar-refractivity contribution is 5.82. The van der Waals surface area contributed by atoms with Crippen molar-refractivity contribution in [3.05, 3.63) is 16.7 Å². The number of nitrogens with one attached hydrogen (secondary N) is 1. The van der Waals surface area contributed by atoms with Crippen LogP contribution in [0.1, 0.15) is 59.1 Å². The fraction of sp³-hybridized carbons (Fsp3) is 0.682. The normalized spacial score (nSPS) is 22.6. The lowest BCUT2D eigenvalue weighted by Gasteiger charge is -2.22. The van der Waals surface area contributed by atoms with Gasteiger partial charge in [0.1, 0.15) is 31.2 Å². The zero-order chi connectivity index (χ0) is 25.7. The average Bonchev–Trinajstić information content (AvgIpc) is 3.42. The Morgan fingerprint density at radius 2 is 2.11 bits per heavy atom. The van der Waals surface area contributed by atoms with E-state index in [1.54, 1.807) is 0 Å². The monoisotopic (exact) mass is 496 g/mol. The summed E-state index contributed by atoms with van der Waals surface area (Å²) in [6, 6.07) is -0.856. The van der Waals surface area contributed by atoms with Gasteiger partial charge in [-0.1, -0.05) is 33.6 Å². The molecule has 6 atom stereocenters. The maximum atomic E-state index is 14.7. The number of anilines is 1. The fourth-order valence-corrected chi connectivity index (χ4v) is 3.74. The van der Waals surface area contributed by atoms with Gasteiger partial charge >= 0.3 is 11.9 Å². The molecule has 2 unspecified atom stereocenters. The Balaban J connectivity index is 1.63. The summed E-state index contributed by atoms with van der Waals surface area (Å²) in [5, 5.41) is 0. The number of alkyl halides is 1. The third-order valence-electron chi connectivity index (χ3n) is 6.18. The Bertz CT molecular complexity index is 1090. The molecule has 1 aliphatic heterocycles. The van der Waals surface area contributed by atoms with Crippen molar-refractivity contribution in [3.8, 4) is 0 Å². The zero-order valence-electron chi connectivity index (χ0n) is 20.1. The fourth-order valence-electron chi connectivity index (χ4n) is 3.74. The molecule has 2 aromatic rings. The molecule has 35 heavy (non-hydrogen) atoms. The minimum atomic E-state index is -1.46. The number of hydrogen-bond acceptors (Lipinski definition) is 10. The third-order valence-corrected chi connectivity index (χ3v) is 6.18. The number of nitrogens with zero attached hydrogens (tertiary/aromatic N) is 3. The van der Waals surface area contributed by atoms with Crippen molar-refractivity contribution in [1.29, 1.82) is 0 Å². The molecular formula is C22H33FN6O6. The van der Waals surface area contributed by atoms with Crippen molar-refractivity contribution < 1.29 is 28.2 Å². The van der Waals surface area contributed by atoms with Crippen molar-refractivity contribution >= 4 is 29.1 Å². The minimum Gasteiger partial charge on any atom is -0.460 e. The lowest BCUT2D eigenvalue weighted by Crippen LogP contribution is -2.42. The van der Waals surface area contributed by atoms with Crippen molar-refractivity contribution in [3.63, 3.8) is 0 Å². The Morgan fingerprint density at radius 1 is 1.37 bits per heavy atom. The number of aromatic amines is 1. The highest BCUT2D eigenvalue weighted by Crippen LogP contribution is 2.32.